The molecule has 1 aliphatic rings. The molecular weight excluding hydrogens is 294 g/mol. The number of anilines is 1. The molecule has 1 unspecified atom stereocenters. The Labute approximate surface area is 127 Å². The van der Waals surface area contributed by atoms with Gasteiger partial charge in [-0.25, -0.2) is 0 Å². The van der Waals surface area contributed by atoms with Gasteiger partial charge in [0.1, 0.15) is 0 Å². The molecule has 1 aromatic heterocycles. The number of rotatable bonds is 6. The molecule has 8 heteroatoms. The van der Waals surface area contributed by atoms with Crippen molar-refractivity contribution in [1.82, 2.24) is 10.3 Å². The number of nitrogens with one attached hydrogen (secondary N) is 1. The van der Waals surface area contributed by atoms with Gasteiger partial charge < -0.3 is 0 Å². The molecule has 1 aromatic rings. The first-order valence-corrected chi connectivity index (χ1v) is 7.01. The predicted molar refractivity (Wildman–Crippen MR) is 79.1 cm³/mol. The molecule has 0 aromatic carbocycles. The van der Waals surface area contributed by atoms with Crippen molar-refractivity contribution < 1.29 is 18.0 Å². The number of pyridine rings is 1. The zero-order valence-electron chi connectivity index (χ0n) is 12.2. The standard InChI is InChI=1S/C14H16BF3N3O/c1-2-4-10-9-5-3-6-19-12(9)21(13(10)22)7-11(15)20-8-14(16,17)18/h3,5-6,10,20H,2,4,7-8H2,1H3. The normalized spacial score (nSPS) is 17.5. The van der Waals surface area contributed by atoms with Gasteiger partial charge in [-0.1, -0.05) is 0 Å². The molecule has 4 nitrogen and oxygen atoms in total. The van der Waals surface area contributed by atoms with Crippen LogP contribution in [0.2, 0.25) is 0 Å². The van der Waals surface area contributed by atoms with Gasteiger partial charge in [-0.15, -0.1) is 0 Å². The minimum atomic E-state index is -4.36. The minimum absolute atomic E-state index is 0.112. The Morgan fingerprint density at radius 3 is 2.86 bits per heavy atom. The summed E-state index contributed by atoms with van der Waals surface area (Å²) in [6, 6.07) is 3.56. The summed E-state index contributed by atoms with van der Waals surface area (Å²) >= 11 is 0. The molecule has 1 radical (unpaired) electrons. The van der Waals surface area contributed by atoms with E-state index >= 15 is 0 Å². The number of alkyl halides is 3. The molecule has 0 bridgehead atoms. The quantitative estimate of drug-likeness (QED) is 0.815. The van der Waals surface area contributed by atoms with Crippen molar-refractivity contribution in [2.45, 2.75) is 31.9 Å². The van der Waals surface area contributed by atoms with E-state index in [1.54, 1.807) is 12.3 Å². The van der Waals surface area contributed by atoms with Crippen LogP contribution < -0.4 is 10.2 Å². The Bertz CT molecular complexity index is 577. The van der Waals surface area contributed by atoms with Crippen LogP contribution in [0.25, 0.3) is 0 Å². The number of amides is 1. The van der Waals surface area contributed by atoms with Crippen LogP contribution in [0.1, 0.15) is 31.2 Å². The van der Waals surface area contributed by atoms with E-state index in [0.29, 0.717) is 12.2 Å². The third-order valence-electron chi connectivity index (χ3n) is 3.43. The van der Waals surface area contributed by atoms with E-state index in [9.17, 15) is 18.0 Å². The number of hydrogen-bond donors (Lipinski definition) is 1. The van der Waals surface area contributed by atoms with Crippen molar-refractivity contribution in [3.8, 4) is 0 Å². The first-order chi connectivity index (χ1) is 10.3. The van der Waals surface area contributed by atoms with Gasteiger partial charge in [0.15, 0.2) is 0 Å². The van der Waals surface area contributed by atoms with E-state index in [0.717, 1.165) is 12.0 Å². The van der Waals surface area contributed by atoms with Crippen LogP contribution in [0, 0.1) is 0 Å². The molecule has 117 valence electrons. The maximum atomic E-state index is 12.5. The zero-order chi connectivity index (χ0) is 16.3. The van der Waals surface area contributed by atoms with E-state index in [4.69, 9.17) is 7.49 Å². The SMILES string of the molecule is [B]=C(CN1C(=O)C(CCC)c2cccnc21)NCC(F)(F)F. The van der Waals surface area contributed by atoms with E-state index in [-0.39, 0.29) is 24.0 Å². The predicted octanol–water partition coefficient (Wildman–Crippen LogP) is 1.76. The maximum absolute atomic E-state index is 12.5. The number of carbonyl (C=O) groups excluding carboxylic acids is 1. The summed E-state index contributed by atoms with van der Waals surface area (Å²) < 4.78 is 36.6. The van der Waals surface area contributed by atoms with Crippen molar-refractivity contribution in [1.29, 1.82) is 0 Å². The van der Waals surface area contributed by atoms with Crippen molar-refractivity contribution in [3.63, 3.8) is 0 Å². The first kappa shape index (κ1) is 16.5. The molecule has 1 atom stereocenters. The van der Waals surface area contributed by atoms with Crippen molar-refractivity contribution in [2.24, 2.45) is 0 Å². The number of hydrogen-bond acceptors (Lipinski definition) is 3. The van der Waals surface area contributed by atoms with Crippen LogP contribution in [0.15, 0.2) is 18.3 Å². The van der Waals surface area contributed by atoms with Crippen LogP contribution in [-0.4, -0.2) is 43.2 Å². The van der Waals surface area contributed by atoms with Gasteiger partial charge in [0.05, 0.1) is 0 Å². The number of aromatic nitrogens is 1. The van der Waals surface area contributed by atoms with Crippen molar-refractivity contribution >= 4 is 24.8 Å². The average Bonchev–Trinajstić information content (AvgIpc) is 2.71. The van der Waals surface area contributed by atoms with Crippen molar-refractivity contribution in [3.05, 3.63) is 23.9 Å². The molecule has 0 aliphatic carbocycles. The molecule has 2 rings (SSSR count). The van der Waals surface area contributed by atoms with Crippen LogP contribution in [-0.2, 0) is 4.79 Å². The summed E-state index contributed by atoms with van der Waals surface area (Å²) in [5, 5.41) is 2.10. The van der Waals surface area contributed by atoms with Crippen LogP contribution in [0.5, 0.6) is 0 Å². The number of carbonyl (C=O) groups is 1. The molecular formula is C14H16BF3N3O. The molecule has 1 aliphatic heterocycles. The van der Waals surface area contributed by atoms with Crippen molar-refractivity contribution in [2.75, 3.05) is 18.0 Å². The molecule has 0 spiro atoms. The summed E-state index contributed by atoms with van der Waals surface area (Å²) in [6.45, 7) is 0.616. The third kappa shape index (κ3) is 3.67. The van der Waals surface area contributed by atoms with Gasteiger partial charge in [0.25, 0.3) is 0 Å². The third-order valence-corrected chi connectivity index (χ3v) is 3.43. The molecule has 0 fully saturated rings. The van der Waals surface area contributed by atoms with E-state index in [1.807, 2.05) is 13.0 Å². The molecule has 0 saturated heterocycles. The number of fused-ring (bicyclic) bond motifs is 1. The fourth-order valence-electron chi connectivity index (χ4n) is 2.49. The van der Waals surface area contributed by atoms with Crippen LogP contribution in [0.3, 0.4) is 0 Å². The van der Waals surface area contributed by atoms with E-state index < -0.39 is 12.7 Å². The van der Waals surface area contributed by atoms with Gasteiger partial charge >= 0.3 is 127 Å². The Morgan fingerprint density at radius 2 is 2.23 bits per heavy atom. The van der Waals surface area contributed by atoms with Crippen LogP contribution >= 0.6 is 0 Å². The molecule has 0 saturated carbocycles. The Kier molecular flexibility index (Phi) is 4.88. The van der Waals surface area contributed by atoms with Gasteiger partial charge in [0, 0.05) is 0 Å². The van der Waals surface area contributed by atoms with Gasteiger partial charge in [-0.2, -0.15) is 0 Å². The van der Waals surface area contributed by atoms with Gasteiger partial charge in [-0.3, -0.25) is 0 Å². The fraction of sp³-hybridized carbons (Fsp3) is 0.500. The zero-order valence-corrected chi connectivity index (χ0v) is 12.2. The molecule has 1 N–H and O–H groups in total. The summed E-state index contributed by atoms with van der Waals surface area (Å²) in [5.41, 5.74) is 0.692. The Morgan fingerprint density at radius 1 is 1.50 bits per heavy atom. The second-order valence-corrected chi connectivity index (χ2v) is 5.18. The second kappa shape index (κ2) is 6.50. The Hall–Kier alpha value is -1.86. The average molecular weight is 310 g/mol. The van der Waals surface area contributed by atoms with Gasteiger partial charge in [-0.05, 0) is 0 Å². The molecule has 1 amide bonds. The monoisotopic (exact) mass is 310 g/mol. The summed E-state index contributed by atoms with van der Waals surface area (Å²) in [7, 11) is 5.58. The summed E-state index contributed by atoms with van der Waals surface area (Å²) in [4.78, 5) is 18.0. The fourth-order valence-corrected chi connectivity index (χ4v) is 2.49. The first-order valence-electron chi connectivity index (χ1n) is 7.01. The van der Waals surface area contributed by atoms with E-state index in [1.165, 1.54) is 4.90 Å². The number of nitrogens with zero attached hydrogens (tertiary/aromatic N) is 2. The summed E-state index contributed by atoms with van der Waals surface area (Å²) in [6.07, 6.45) is -1.32. The van der Waals surface area contributed by atoms with Crippen LogP contribution in [0.4, 0.5) is 19.0 Å². The topological polar surface area (TPSA) is 45.2 Å². The molecule has 22 heavy (non-hydrogen) atoms. The molecule has 2 heterocycles. The summed E-state index contributed by atoms with van der Waals surface area (Å²) in [5.74, 6) is -0.000802. The Balaban J connectivity index is 2.11. The van der Waals surface area contributed by atoms with E-state index in [2.05, 4.69) is 10.3 Å². The second-order valence-electron chi connectivity index (χ2n) is 5.18. The number of halogens is 3. The van der Waals surface area contributed by atoms with Gasteiger partial charge in [0.2, 0.25) is 0 Å².